The smallest absolute Gasteiger partial charge is 0.142 e. The highest BCUT2D eigenvalue weighted by Gasteiger charge is 2.44. The van der Waals surface area contributed by atoms with Crippen molar-refractivity contribution in [3.8, 4) is 0 Å². The Morgan fingerprint density at radius 3 is 1.72 bits per heavy atom. The molecule has 0 bridgehead atoms. The van der Waals surface area contributed by atoms with Crippen molar-refractivity contribution in [1.82, 2.24) is 4.90 Å². The monoisotopic (exact) mass is 424 g/mol. The molecule has 0 radical (unpaired) electrons. The van der Waals surface area contributed by atoms with Crippen LogP contribution in [-0.2, 0) is 11.4 Å². The largest absolute Gasteiger partial charge is 0.391 e. The number of likely N-dealkylation sites (tertiary alicyclic amines) is 1. The second-order valence-corrected chi connectivity index (χ2v) is 8.55. The van der Waals surface area contributed by atoms with Gasteiger partial charge in [-0.05, 0) is 16.7 Å². The van der Waals surface area contributed by atoms with Gasteiger partial charge in [-0.2, -0.15) is 0 Å². The summed E-state index contributed by atoms with van der Waals surface area (Å²) in [5, 5.41) is 4.75. The Balaban J connectivity index is 1.73. The van der Waals surface area contributed by atoms with Crippen molar-refractivity contribution in [1.29, 1.82) is 0 Å². The predicted molar refractivity (Wildman–Crippen MR) is 132 cm³/mol. The molecule has 0 amide bonds. The van der Waals surface area contributed by atoms with E-state index in [9.17, 15) is 0 Å². The molecule has 3 aromatic carbocycles. The quantitative estimate of drug-likeness (QED) is 0.307. The van der Waals surface area contributed by atoms with Gasteiger partial charge in [-0.3, -0.25) is 4.90 Å². The number of nitrogens with zero attached hydrogens (tertiary/aromatic N) is 2. The van der Waals surface area contributed by atoms with Gasteiger partial charge in [0.15, 0.2) is 0 Å². The first-order valence-corrected chi connectivity index (χ1v) is 11.4. The van der Waals surface area contributed by atoms with Crippen LogP contribution >= 0.6 is 0 Å². The number of piperidine rings is 1. The maximum absolute atomic E-state index is 5.91. The molecular weight excluding hydrogens is 392 g/mol. The summed E-state index contributed by atoms with van der Waals surface area (Å²) in [7, 11) is 0. The Bertz CT molecular complexity index is 961. The van der Waals surface area contributed by atoms with E-state index in [1.54, 1.807) is 0 Å². The van der Waals surface area contributed by atoms with Crippen LogP contribution in [0, 0.1) is 11.8 Å². The van der Waals surface area contributed by atoms with Crippen LogP contribution in [0.4, 0.5) is 0 Å². The summed E-state index contributed by atoms with van der Waals surface area (Å²) in [6, 6.07) is 32.1. The van der Waals surface area contributed by atoms with Crippen molar-refractivity contribution in [3.63, 3.8) is 0 Å². The topological polar surface area (TPSA) is 24.8 Å². The lowest BCUT2D eigenvalue weighted by Crippen LogP contribution is -2.49. The highest BCUT2D eigenvalue weighted by atomic mass is 16.6. The van der Waals surface area contributed by atoms with Crippen LogP contribution in [0.15, 0.2) is 109 Å². The second-order valence-electron chi connectivity index (χ2n) is 8.55. The van der Waals surface area contributed by atoms with Crippen LogP contribution in [0.3, 0.4) is 0 Å². The van der Waals surface area contributed by atoms with Crippen molar-refractivity contribution >= 4 is 5.71 Å². The molecule has 0 aromatic heterocycles. The van der Waals surface area contributed by atoms with Gasteiger partial charge in [0.05, 0.1) is 5.71 Å². The lowest BCUT2D eigenvalue weighted by molar-refractivity contribution is 0.0718. The van der Waals surface area contributed by atoms with E-state index in [4.69, 9.17) is 9.99 Å². The lowest BCUT2D eigenvalue weighted by Gasteiger charge is -2.49. The van der Waals surface area contributed by atoms with E-state index < -0.39 is 0 Å². The van der Waals surface area contributed by atoms with Gasteiger partial charge in [0.1, 0.15) is 6.61 Å². The van der Waals surface area contributed by atoms with Gasteiger partial charge in [-0.1, -0.05) is 116 Å². The first-order valence-electron chi connectivity index (χ1n) is 11.4. The molecule has 1 saturated heterocycles. The van der Waals surface area contributed by atoms with E-state index in [1.165, 1.54) is 11.1 Å². The molecule has 3 aromatic rings. The maximum Gasteiger partial charge on any atom is 0.142 e. The van der Waals surface area contributed by atoms with Gasteiger partial charge in [-0.25, -0.2) is 0 Å². The molecule has 0 spiro atoms. The van der Waals surface area contributed by atoms with Crippen molar-refractivity contribution in [2.24, 2.45) is 17.0 Å². The summed E-state index contributed by atoms with van der Waals surface area (Å²) in [6.45, 7) is 9.90. The van der Waals surface area contributed by atoms with Gasteiger partial charge in [0, 0.05) is 30.5 Å². The molecule has 0 N–H and O–H groups in total. The fraction of sp³-hybridized carbons (Fsp3) is 0.276. The molecule has 3 nitrogen and oxygen atoms in total. The molecule has 0 unspecified atom stereocenters. The highest BCUT2D eigenvalue weighted by molar-refractivity contribution is 5.90. The van der Waals surface area contributed by atoms with Crippen molar-refractivity contribution in [3.05, 3.63) is 120 Å². The van der Waals surface area contributed by atoms with E-state index in [0.717, 1.165) is 17.8 Å². The third kappa shape index (κ3) is 4.68. The van der Waals surface area contributed by atoms with Crippen molar-refractivity contribution < 1.29 is 4.84 Å². The zero-order valence-electron chi connectivity index (χ0n) is 19.0. The van der Waals surface area contributed by atoms with E-state index >= 15 is 0 Å². The van der Waals surface area contributed by atoms with E-state index in [-0.39, 0.29) is 23.9 Å². The molecule has 3 heteroatoms. The Labute approximate surface area is 192 Å². The average Bonchev–Trinajstić information content (AvgIpc) is 2.83. The van der Waals surface area contributed by atoms with Crippen molar-refractivity contribution in [2.45, 2.75) is 32.5 Å². The summed E-state index contributed by atoms with van der Waals surface area (Å²) in [4.78, 5) is 8.49. The highest BCUT2D eigenvalue weighted by Crippen LogP contribution is 2.46. The van der Waals surface area contributed by atoms with Crippen LogP contribution in [-0.4, -0.2) is 17.2 Å². The van der Waals surface area contributed by atoms with Gasteiger partial charge in [0.25, 0.3) is 0 Å². The van der Waals surface area contributed by atoms with E-state index in [0.29, 0.717) is 6.61 Å². The minimum absolute atomic E-state index is 0.190. The van der Waals surface area contributed by atoms with Gasteiger partial charge in [0.2, 0.25) is 0 Å². The summed E-state index contributed by atoms with van der Waals surface area (Å²) in [6.07, 6.45) is 2.01. The molecule has 32 heavy (non-hydrogen) atoms. The summed E-state index contributed by atoms with van der Waals surface area (Å²) < 4.78 is 0. The summed E-state index contributed by atoms with van der Waals surface area (Å²) in [5.41, 5.74) is 4.83. The third-order valence-corrected chi connectivity index (χ3v) is 6.46. The molecule has 4 rings (SSSR count). The summed E-state index contributed by atoms with van der Waals surface area (Å²) >= 11 is 0. The fourth-order valence-corrected chi connectivity index (χ4v) is 5.04. The molecule has 4 atom stereocenters. The molecule has 0 saturated carbocycles. The zero-order valence-corrected chi connectivity index (χ0v) is 19.0. The van der Waals surface area contributed by atoms with Crippen LogP contribution < -0.4 is 0 Å². The minimum atomic E-state index is 0.190. The number of hydrogen-bond acceptors (Lipinski definition) is 3. The SMILES string of the molecule is C=CCN1[C@H](c2ccccc2)[C@@H](C)C(=NOCc2ccccc2)[C@@H](C)[C@@H]1c1ccccc1. The van der Waals surface area contributed by atoms with Gasteiger partial charge in [-0.15, -0.1) is 6.58 Å². The lowest BCUT2D eigenvalue weighted by atomic mass is 9.74. The molecule has 1 heterocycles. The average molecular weight is 425 g/mol. The van der Waals surface area contributed by atoms with Crippen LogP contribution in [0.25, 0.3) is 0 Å². The Morgan fingerprint density at radius 1 is 0.781 bits per heavy atom. The Kier molecular flexibility index (Phi) is 7.18. The van der Waals surface area contributed by atoms with E-state index in [2.05, 4.69) is 98.1 Å². The number of oxime groups is 1. The van der Waals surface area contributed by atoms with Gasteiger partial charge >= 0.3 is 0 Å². The normalized spacial score (nSPS) is 24.9. The van der Waals surface area contributed by atoms with E-state index in [1.807, 2.05) is 24.3 Å². The molecule has 1 aliphatic heterocycles. The zero-order chi connectivity index (χ0) is 22.3. The maximum atomic E-state index is 5.91. The van der Waals surface area contributed by atoms with Gasteiger partial charge < -0.3 is 4.84 Å². The van der Waals surface area contributed by atoms with Crippen molar-refractivity contribution in [2.75, 3.05) is 6.54 Å². The molecule has 1 aliphatic rings. The number of benzene rings is 3. The predicted octanol–water partition coefficient (Wildman–Crippen LogP) is 6.82. The molecule has 164 valence electrons. The third-order valence-electron chi connectivity index (χ3n) is 6.46. The Morgan fingerprint density at radius 2 is 1.25 bits per heavy atom. The fourth-order valence-electron chi connectivity index (χ4n) is 5.04. The van der Waals surface area contributed by atoms with Crippen LogP contribution in [0.5, 0.6) is 0 Å². The Hall–Kier alpha value is -3.17. The second kappa shape index (κ2) is 10.4. The summed E-state index contributed by atoms with van der Waals surface area (Å²) in [5.74, 6) is 0.422. The minimum Gasteiger partial charge on any atom is -0.391 e. The van der Waals surface area contributed by atoms with Crippen LogP contribution in [0.1, 0.15) is 42.6 Å². The first kappa shape index (κ1) is 22.0. The molecule has 0 aliphatic carbocycles. The first-order chi connectivity index (χ1) is 15.7. The molecule has 1 fully saturated rings. The molecular formula is C29H32N2O. The number of rotatable bonds is 7. The standard InChI is InChI=1S/C29H32N2O/c1-4-20-31-28(25-16-10-6-11-17-25)22(2)27(30-32-21-24-14-8-5-9-15-24)23(3)29(31)26-18-12-7-13-19-26/h4-19,22-23,28-29H,1,20-21H2,2-3H3/t22-,23+,28-,29+. The number of hydrogen-bond donors (Lipinski definition) is 0. The van der Waals surface area contributed by atoms with Crippen LogP contribution in [0.2, 0.25) is 0 Å².